The van der Waals surface area contributed by atoms with Crippen LogP contribution < -0.4 is 14.8 Å². The van der Waals surface area contributed by atoms with Crippen molar-refractivity contribution in [3.8, 4) is 23.0 Å². The highest BCUT2D eigenvalue weighted by Gasteiger charge is 2.38. The van der Waals surface area contributed by atoms with Crippen molar-refractivity contribution in [1.29, 1.82) is 0 Å². The van der Waals surface area contributed by atoms with E-state index in [0.717, 1.165) is 119 Å². The van der Waals surface area contributed by atoms with Crippen LogP contribution in [0.5, 0.6) is 11.5 Å². The lowest BCUT2D eigenvalue weighted by molar-refractivity contribution is -0.192. The first-order valence-corrected chi connectivity index (χ1v) is 34.2. The van der Waals surface area contributed by atoms with E-state index >= 15 is 0 Å². The Morgan fingerprint density at radius 1 is 0.600 bits per heavy atom. The second-order valence-corrected chi connectivity index (χ2v) is 28.2. The highest BCUT2D eigenvalue weighted by Crippen LogP contribution is 2.39. The van der Waals surface area contributed by atoms with Gasteiger partial charge in [-0.2, -0.15) is 13.2 Å². The molecule has 0 atom stereocenters. The molecule has 0 saturated carbocycles. The van der Waals surface area contributed by atoms with Crippen LogP contribution in [0.25, 0.3) is 71.9 Å². The summed E-state index contributed by atoms with van der Waals surface area (Å²) < 4.78 is 149. The van der Waals surface area contributed by atoms with Gasteiger partial charge in [0.2, 0.25) is 5.89 Å². The summed E-state index contributed by atoms with van der Waals surface area (Å²) in [5.41, 5.74) is 9.14. The van der Waals surface area contributed by atoms with E-state index in [1.165, 1.54) is 42.6 Å². The molecule has 0 radical (unpaired) electrons. The number of hydrogen-bond acceptors (Lipinski definition) is 16. The highest BCUT2D eigenvalue weighted by atomic mass is 32.2. The molecule has 0 amide bonds. The van der Waals surface area contributed by atoms with E-state index < -0.39 is 42.2 Å². The number of halogens is 4. The predicted octanol–water partition coefficient (Wildman–Crippen LogP) is 10.9. The SMILES string of the molecule is CN1CC=C(c2cn(S(=O)(=O)c3ccc4c(ccn4C)c3)c3ccc(F)cc23)CC1.CN1CC=C(c2cn(S(=O)(=O)c3cccnc3)c3cc(-c4ncco4)ccc23)CC1.O=C(O)C(F)(F)F.O=S(=O)(c1ccc2c(c1)OCCO2)n1cc(C2=CCNCC2)c2cccnc21. The van der Waals surface area contributed by atoms with Crippen molar-refractivity contribution in [3.63, 3.8) is 0 Å². The van der Waals surface area contributed by atoms with Gasteiger partial charge in [-0.05, 0) is 148 Å². The molecule has 492 valence electrons. The number of rotatable bonds is 10. The zero-order valence-corrected chi connectivity index (χ0v) is 53.8. The number of alkyl halides is 3. The van der Waals surface area contributed by atoms with E-state index in [-0.39, 0.29) is 20.5 Å². The number of hydrogen-bond donors (Lipinski definition) is 2. The number of oxazole rings is 1. The molecule has 7 aromatic heterocycles. The Labute approximate surface area is 543 Å². The largest absolute Gasteiger partial charge is 0.490 e. The standard InChI is InChI=1S/C23H22FN3O2S.C22H20N4O3S.C20H19N3O4S.C2HF3O2/c1-25-10-7-16(8-11-25)21-15-27(23-5-3-18(24)14-20(21)23)30(28,29)19-4-6-22-17(13-19)9-12-26(22)2;1-25-10-6-16(7-11-25)20-15-26(30(27,28)18-3-2-8-23-14-18)21-13-17(4-5-19(20)21)22-24-9-12-29-22;24-28(25,15-3-4-18-19(12-15)27-11-10-26-18)23-13-17(14-5-8-21-9-6-14)16-2-1-7-22-20(16)23;3-2(4,5)1(6)7/h3-7,9,12-15H,8,10-11H2,1-2H3;2-6,8-9,12-15H,7,10-11H2,1H3;1-5,7,12-13,21H,6,8-11H2;(H,6,7). The van der Waals surface area contributed by atoms with Crippen molar-refractivity contribution in [2.45, 2.75) is 40.1 Å². The summed E-state index contributed by atoms with van der Waals surface area (Å²) in [6, 6.07) is 28.6. The number of carboxylic acids is 1. The monoisotopic (exact) mass is 1350 g/mol. The van der Waals surface area contributed by atoms with E-state index in [9.17, 15) is 42.8 Å². The van der Waals surface area contributed by atoms with Gasteiger partial charge in [0.15, 0.2) is 17.1 Å². The number of carbonyl (C=O) groups is 1. The Bertz CT molecular complexity index is 5200. The second-order valence-electron chi connectivity index (χ2n) is 22.7. The number of likely N-dealkylation sites (N-methyl/N-ethyl adjacent to an activating group) is 2. The topological polar surface area (TPSA) is 248 Å². The molecule has 0 fully saturated rings. The number of aromatic nitrogens is 7. The van der Waals surface area contributed by atoms with Crippen LogP contribution in [-0.2, 0) is 41.9 Å². The third-order valence-corrected chi connectivity index (χ3v) is 21.5. The molecule has 2 N–H and O–H groups in total. The first-order chi connectivity index (χ1) is 45.5. The maximum Gasteiger partial charge on any atom is 0.490 e. The average molecular weight is 1360 g/mol. The van der Waals surface area contributed by atoms with E-state index in [1.807, 2.05) is 67.3 Å². The molecule has 0 bridgehead atoms. The van der Waals surface area contributed by atoms with Gasteiger partial charge in [-0.15, -0.1) is 0 Å². The number of fused-ring (bicyclic) bond motifs is 5. The summed E-state index contributed by atoms with van der Waals surface area (Å²) in [4.78, 5) is 26.4. The molecule has 21 nitrogen and oxygen atoms in total. The number of ether oxygens (including phenoxy) is 2. The van der Waals surface area contributed by atoms with Gasteiger partial charge in [0.1, 0.15) is 30.2 Å². The number of aliphatic carboxylic acids is 1. The van der Waals surface area contributed by atoms with Crippen molar-refractivity contribution in [2.75, 3.05) is 66.6 Å². The van der Waals surface area contributed by atoms with Gasteiger partial charge < -0.3 is 38.7 Å². The van der Waals surface area contributed by atoms with Gasteiger partial charge in [0.05, 0.1) is 27.0 Å². The highest BCUT2D eigenvalue weighted by molar-refractivity contribution is 7.90. The fourth-order valence-corrected chi connectivity index (χ4v) is 15.7. The van der Waals surface area contributed by atoms with E-state index in [0.29, 0.717) is 52.7 Å². The first kappa shape index (κ1) is 65.4. The zero-order valence-electron chi connectivity index (χ0n) is 51.3. The smallest absolute Gasteiger partial charge is 0.486 e. The number of benzene rings is 4. The van der Waals surface area contributed by atoms with Gasteiger partial charge in [-0.3, -0.25) is 4.98 Å². The van der Waals surface area contributed by atoms with Gasteiger partial charge in [-0.25, -0.2) is 56.3 Å². The van der Waals surface area contributed by atoms with Crippen LogP contribution >= 0.6 is 0 Å². The van der Waals surface area contributed by atoms with Crippen LogP contribution in [0.1, 0.15) is 36.0 Å². The van der Waals surface area contributed by atoms with Gasteiger partial charge in [-0.1, -0.05) is 24.3 Å². The third-order valence-electron chi connectivity index (χ3n) is 16.6. The van der Waals surface area contributed by atoms with Gasteiger partial charge in [0.25, 0.3) is 30.1 Å². The fourth-order valence-electron chi connectivity index (χ4n) is 11.6. The fraction of sp³-hybridized carbons (Fsp3) is 0.224. The Morgan fingerprint density at radius 3 is 1.87 bits per heavy atom. The molecule has 11 heterocycles. The van der Waals surface area contributed by atoms with Crippen LogP contribution in [-0.4, -0.2) is 150 Å². The molecule has 4 aliphatic heterocycles. The summed E-state index contributed by atoms with van der Waals surface area (Å²) in [7, 11) is -5.46. The molecule has 28 heteroatoms. The Morgan fingerprint density at radius 2 is 1.22 bits per heavy atom. The lowest BCUT2D eigenvalue weighted by Gasteiger charge is -2.21. The minimum atomic E-state index is -5.08. The normalized spacial score (nSPS) is 15.6. The average Bonchev–Trinajstić information content (AvgIpc) is 1.65. The lowest BCUT2D eigenvalue weighted by atomic mass is 9.98. The van der Waals surface area contributed by atoms with E-state index in [4.69, 9.17) is 23.8 Å². The second kappa shape index (κ2) is 26.6. The van der Waals surface area contributed by atoms with Crippen LogP contribution in [0.4, 0.5) is 17.6 Å². The molecule has 4 aromatic carbocycles. The summed E-state index contributed by atoms with van der Waals surface area (Å²) in [6.07, 6.45) is 18.3. The summed E-state index contributed by atoms with van der Waals surface area (Å²) >= 11 is 0. The quantitative estimate of drug-likeness (QED) is 0.121. The summed E-state index contributed by atoms with van der Waals surface area (Å²) in [5, 5.41) is 13.6. The number of aryl methyl sites for hydroxylation is 1. The van der Waals surface area contributed by atoms with Crippen LogP contribution in [0.2, 0.25) is 0 Å². The van der Waals surface area contributed by atoms with Crippen LogP contribution in [0, 0.1) is 5.82 Å². The minimum absolute atomic E-state index is 0.144. The number of nitrogens with zero attached hydrogens (tertiary/aromatic N) is 9. The maximum atomic E-state index is 14.1. The maximum absolute atomic E-state index is 14.1. The van der Waals surface area contributed by atoms with Crippen LogP contribution in [0.3, 0.4) is 0 Å². The number of nitrogens with one attached hydrogen (secondary N) is 1. The van der Waals surface area contributed by atoms with Crippen molar-refractivity contribution >= 4 is 96.5 Å². The molecule has 95 heavy (non-hydrogen) atoms. The molecule has 0 spiro atoms. The first-order valence-electron chi connectivity index (χ1n) is 29.9. The van der Waals surface area contributed by atoms with Crippen molar-refractivity contribution in [1.82, 2.24) is 46.6 Å². The molecule has 0 aliphatic carbocycles. The Kier molecular flexibility index (Phi) is 18.3. The van der Waals surface area contributed by atoms with Crippen molar-refractivity contribution < 1.29 is 66.6 Å². The number of pyridine rings is 2. The van der Waals surface area contributed by atoms with E-state index in [2.05, 4.69) is 55.3 Å². The Balaban J connectivity index is 0.000000130. The van der Waals surface area contributed by atoms with Crippen molar-refractivity contribution in [3.05, 3.63) is 200 Å². The molecular formula is C67H62F4N10O11S3. The van der Waals surface area contributed by atoms with Gasteiger partial charge in [0, 0.05) is 139 Å². The van der Waals surface area contributed by atoms with Gasteiger partial charge >= 0.3 is 12.1 Å². The summed E-state index contributed by atoms with van der Waals surface area (Å²) in [5.74, 6) is -1.69. The third kappa shape index (κ3) is 13.4. The molecule has 4 aliphatic rings. The number of carboxylic acid groups (broad SMARTS) is 1. The predicted molar refractivity (Wildman–Crippen MR) is 351 cm³/mol. The summed E-state index contributed by atoms with van der Waals surface area (Å²) in [6.45, 7) is 5.94. The molecule has 15 rings (SSSR count). The molecular weight excluding hydrogens is 1290 g/mol. The van der Waals surface area contributed by atoms with Crippen LogP contribution in [0.15, 0.2) is 196 Å². The van der Waals surface area contributed by atoms with Crippen molar-refractivity contribution in [2.24, 2.45) is 7.05 Å². The molecule has 0 saturated heterocycles. The van der Waals surface area contributed by atoms with E-state index in [1.54, 1.807) is 79.6 Å². The lowest BCUT2D eigenvalue weighted by Crippen LogP contribution is -2.23. The minimum Gasteiger partial charge on any atom is -0.486 e. The zero-order chi connectivity index (χ0) is 67.0. The molecule has 0 unspecified atom stereocenters. The molecule has 11 aromatic rings. The Hall–Kier alpha value is -9.71.